The van der Waals surface area contributed by atoms with Crippen molar-refractivity contribution in [1.29, 1.82) is 0 Å². The molecule has 0 radical (unpaired) electrons. The highest BCUT2D eigenvalue weighted by atomic mass is 16.1. The van der Waals surface area contributed by atoms with Crippen LogP contribution in [0.4, 0.5) is 0 Å². The predicted molar refractivity (Wildman–Crippen MR) is 67.8 cm³/mol. The Morgan fingerprint density at radius 2 is 2.28 bits per heavy atom. The Hall–Kier alpha value is -2.17. The summed E-state index contributed by atoms with van der Waals surface area (Å²) >= 11 is 0. The topological polar surface area (TPSA) is 67.8 Å². The van der Waals surface area contributed by atoms with E-state index in [1.54, 1.807) is 23.9 Å². The Bertz CT molecular complexity index is 625. The first kappa shape index (κ1) is 12.3. The molecule has 18 heavy (non-hydrogen) atoms. The van der Waals surface area contributed by atoms with Crippen molar-refractivity contribution in [3.8, 4) is 0 Å². The van der Waals surface area contributed by atoms with Crippen LogP contribution < -0.4 is 5.43 Å². The van der Waals surface area contributed by atoms with Crippen molar-refractivity contribution >= 4 is 5.78 Å². The quantitative estimate of drug-likeness (QED) is 0.830. The van der Waals surface area contributed by atoms with Crippen LogP contribution in [0.2, 0.25) is 0 Å². The number of pyridine rings is 1. The molecule has 0 aliphatic rings. The molecule has 5 heteroatoms. The van der Waals surface area contributed by atoms with E-state index >= 15 is 0 Å². The lowest BCUT2D eigenvalue weighted by Crippen LogP contribution is -2.19. The number of hydrogen-bond acceptors (Lipinski definition) is 3. The molecule has 0 unspecified atom stereocenters. The molecule has 0 aliphatic heterocycles. The smallest absolute Gasteiger partial charge is 0.233 e. The Kier molecular flexibility index (Phi) is 3.41. The second-order valence-corrected chi connectivity index (χ2v) is 4.17. The highest BCUT2D eigenvalue weighted by Gasteiger charge is 2.17. The molecule has 0 aromatic carbocycles. The largest absolute Gasteiger partial charge is 0.364 e. The molecule has 2 rings (SSSR count). The van der Waals surface area contributed by atoms with Crippen LogP contribution >= 0.6 is 0 Å². The lowest BCUT2D eigenvalue weighted by atomic mass is 10.1. The average molecular weight is 245 g/mol. The van der Waals surface area contributed by atoms with Crippen molar-refractivity contribution in [2.75, 3.05) is 0 Å². The van der Waals surface area contributed by atoms with Crippen LogP contribution in [-0.4, -0.2) is 20.3 Å². The maximum absolute atomic E-state index is 12.2. The third-order valence-electron chi connectivity index (χ3n) is 2.68. The van der Waals surface area contributed by atoms with Crippen LogP contribution in [0.3, 0.4) is 0 Å². The van der Waals surface area contributed by atoms with Crippen molar-refractivity contribution in [3.63, 3.8) is 0 Å². The van der Waals surface area contributed by atoms with Crippen molar-refractivity contribution < 1.29 is 4.79 Å². The molecular formula is C13H15N3O2. The summed E-state index contributed by atoms with van der Waals surface area (Å²) in [6, 6.07) is 1.42. The molecule has 0 saturated heterocycles. The Balaban J connectivity index is 2.42. The van der Waals surface area contributed by atoms with Crippen LogP contribution in [0.5, 0.6) is 0 Å². The van der Waals surface area contributed by atoms with Crippen molar-refractivity contribution in [2.24, 2.45) is 0 Å². The first-order valence-corrected chi connectivity index (χ1v) is 5.88. The molecule has 2 heterocycles. The fourth-order valence-electron chi connectivity index (χ4n) is 1.81. The zero-order chi connectivity index (χ0) is 13.1. The number of imidazole rings is 1. The maximum atomic E-state index is 12.2. The van der Waals surface area contributed by atoms with Gasteiger partial charge in [0.1, 0.15) is 0 Å². The molecule has 0 amide bonds. The molecule has 0 bridgehead atoms. The molecular weight excluding hydrogens is 230 g/mol. The van der Waals surface area contributed by atoms with Crippen LogP contribution in [0.15, 0.2) is 29.5 Å². The molecule has 2 aromatic heterocycles. The molecule has 1 N–H and O–H groups in total. The monoisotopic (exact) mass is 245 g/mol. The van der Waals surface area contributed by atoms with Crippen LogP contribution in [-0.2, 0) is 6.54 Å². The fourth-order valence-corrected chi connectivity index (χ4v) is 1.81. The molecule has 0 spiro atoms. The standard InChI is InChI=1S/C13H15N3O2/c1-3-5-16-6-4-14-13(16)12(18)10-8-15-9(2)7-11(10)17/h4,6-8H,3,5H2,1-2H3,(H,15,17). The van der Waals surface area contributed by atoms with Gasteiger partial charge in [-0.15, -0.1) is 0 Å². The number of rotatable bonds is 4. The average Bonchev–Trinajstić information content (AvgIpc) is 2.77. The second kappa shape index (κ2) is 5.00. The van der Waals surface area contributed by atoms with E-state index in [0.29, 0.717) is 12.4 Å². The minimum absolute atomic E-state index is 0.129. The molecule has 0 saturated carbocycles. The van der Waals surface area contributed by atoms with E-state index in [2.05, 4.69) is 9.97 Å². The van der Waals surface area contributed by atoms with Gasteiger partial charge in [-0.2, -0.15) is 0 Å². The zero-order valence-electron chi connectivity index (χ0n) is 10.4. The number of H-pyrrole nitrogens is 1. The van der Waals surface area contributed by atoms with Crippen molar-refractivity contribution in [3.05, 3.63) is 52.0 Å². The number of aromatic amines is 1. The van der Waals surface area contributed by atoms with E-state index in [-0.39, 0.29) is 16.8 Å². The van der Waals surface area contributed by atoms with Gasteiger partial charge in [0.25, 0.3) is 0 Å². The van der Waals surface area contributed by atoms with Gasteiger partial charge in [0.2, 0.25) is 5.78 Å². The Morgan fingerprint density at radius 1 is 1.50 bits per heavy atom. The lowest BCUT2D eigenvalue weighted by Gasteiger charge is -2.05. The highest BCUT2D eigenvalue weighted by molar-refractivity contribution is 6.06. The summed E-state index contributed by atoms with van der Waals surface area (Å²) in [7, 11) is 0. The number of aromatic nitrogens is 3. The molecule has 94 valence electrons. The number of ketones is 1. The molecule has 0 fully saturated rings. The van der Waals surface area contributed by atoms with E-state index < -0.39 is 0 Å². The number of nitrogens with one attached hydrogen (secondary N) is 1. The number of hydrogen-bond donors (Lipinski definition) is 1. The number of nitrogens with zero attached hydrogens (tertiary/aromatic N) is 2. The molecule has 0 atom stereocenters. The van der Waals surface area contributed by atoms with Gasteiger partial charge in [-0.05, 0) is 13.3 Å². The van der Waals surface area contributed by atoms with Gasteiger partial charge in [0.15, 0.2) is 11.3 Å². The number of carbonyl (C=O) groups is 1. The van der Waals surface area contributed by atoms with E-state index in [9.17, 15) is 9.59 Å². The van der Waals surface area contributed by atoms with Gasteiger partial charge >= 0.3 is 0 Å². The second-order valence-electron chi connectivity index (χ2n) is 4.17. The third-order valence-corrected chi connectivity index (χ3v) is 2.68. The summed E-state index contributed by atoms with van der Waals surface area (Å²) in [4.78, 5) is 30.9. The van der Waals surface area contributed by atoms with Crippen LogP contribution in [0.25, 0.3) is 0 Å². The minimum atomic E-state index is -0.338. The van der Waals surface area contributed by atoms with E-state index in [0.717, 1.165) is 12.1 Å². The Labute approximate surface area is 104 Å². The summed E-state index contributed by atoms with van der Waals surface area (Å²) in [6.07, 6.45) is 5.68. The number of aryl methyl sites for hydroxylation is 2. The predicted octanol–water partition coefficient (Wildman–Crippen LogP) is 1.52. The summed E-state index contributed by atoms with van der Waals surface area (Å²) < 4.78 is 1.77. The van der Waals surface area contributed by atoms with Gasteiger partial charge in [-0.3, -0.25) is 9.59 Å². The molecule has 2 aromatic rings. The first-order chi connectivity index (χ1) is 8.63. The lowest BCUT2D eigenvalue weighted by molar-refractivity contribution is 0.102. The van der Waals surface area contributed by atoms with Crippen molar-refractivity contribution in [2.45, 2.75) is 26.8 Å². The Morgan fingerprint density at radius 3 is 2.94 bits per heavy atom. The van der Waals surface area contributed by atoms with E-state index in [1.807, 2.05) is 6.92 Å². The fraction of sp³-hybridized carbons (Fsp3) is 0.308. The van der Waals surface area contributed by atoms with Crippen molar-refractivity contribution in [1.82, 2.24) is 14.5 Å². The van der Waals surface area contributed by atoms with E-state index in [1.165, 1.54) is 12.3 Å². The summed E-state index contributed by atoms with van der Waals surface area (Å²) in [5, 5.41) is 0. The normalized spacial score (nSPS) is 10.6. The third kappa shape index (κ3) is 2.25. The summed E-state index contributed by atoms with van der Waals surface area (Å²) in [5.74, 6) is -0.0269. The summed E-state index contributed by atoms with van der Waals surface area (Å²) in [5.41, 5.74) is 0.583. The first-order valence-electron chi connectivity index (χ1n) is 5.88. The summed E-state index contributed by atoms with van der Waals surface area (Å²) in [6.45, 7) is 4.51. The van der Waals surface area contributed by atoms with Crippen LogP contribution in [0, 0.1) is 6.92 Å². The minimum Gasteiger partial charge on any atom is -0.364 e. The van der Waals surface area contributed by atoms with Gasteiger partial charge in [-0.25, -0.2) is 4.98 Å². The van der Waals surface area contributed by atoms with Gasteiger partial charge in [0, 0.05) is 36.9 Å². The zero-order valence-corrected chi connectivity index (χ0v) is 10.4. The SMILES string of the molecule is CCCn1ccnc1C(=O)c1c[nH]c(C)cc1=O. The number of carbonyl (C=O) groups excluding carboxylic acids is 1. The van der Waals surface area contributed by atoms with Crippen LogP contribution in [0.1, 0.15) is 35.2 Å². The van der Waals surface area contributed by atoms with Gasteiger partial charge in [0.05, 0.1) is 5.56 Å². The van der Waals surface area contributed by atoms with E-state index in [4.69, 9.17) is 0 Å². The van der Waals surface area contributed by atoms with Gasteiger partial charge in [-0.1, -0.05) is 6.92 Å². The van der Waals surface area contributed by atoms with Gasteiger partial charge < -0.3 is 9.55 Å². The highest BCUT2D eigenvalue weighted by Crippen LogP contribution is 2.05. The maximum Gasteiger partial charge on any atom is 0.233 e. The molecule has 5 nitrogen and oxygen atoms in total. The molecule has 0 aliphatic carbocycles.